The molecule has 2 aliphatic heterocycles. The molecule has 2 fully saturated rings. The largest absolute Gasteiger partial charge is 0.489 e. The van der Waals surface area contributed by atoms with E-state index in [1.807, 2.05) is 42.5 Å². The lowest BCUT2D eigenvalue weighted by Gasteiger charge is -2.34. The maximum Gasteiger partial charge on any atom is 0.270 e. The van der Waals surface area contributed by atoms with E-state index in [1.165, 1.54) is 5.56 Å². The smallest absolute Gasteiger partial charge is 0.270 e. The molecule has 8 nitrogen and oxygen atoms in total. The Hall–Kier alpha value is -4.40. The first kappa shape index (κ1) is 26.2. The van der Waals surface area contributed by atoms with Crippen LogP contribution in [0.2, 0.25) is 0 Å². The molecule has 5 rings (SSSR count). The highest BCUT2D eigenvalue weighted by molar-refractivity contribution is 5.92. The molecular weight excluding hydrogens is 488 g/mol. The lowest BCUT2D eigenvalue weighted by Crippen LogP contribution is -2.44. The molecule has 0 saturated carbocycles. The van der Waals surface area contributed by atoms with Gasteiger partial charge in [0.1, 0.15) is 17.5 Å². The summed E-state index contributed by atoms with van der Waals surface area (Å²) in [4.78, 5) is 22.0. The van der Waals surface area contributed by atoms with Crippen LogP contribution in [0.15, 0.2) is 66.9 Å². The first-order valence-corrected chi connectivity index (χ1v) is 13.5. The first-order valence-electron chi connectivity index (χ1n) is 13.5. The molecule has 0 aliphatic carbocycles. The fraction of sp³-hybridized carbons (Fsp3) is 0.355. The van der Waals surface area contributed by atoms with Crippen LogP contribution in [0.5, 0.6) is 5.75 Å². The number of hydrogen-bond donors (Lipinski definition) is 1. The molecule has 2 aliphatic rings. The molecule has 198 valence electrons. The summed E-state index contributed by atoms with van der Waals surface area (Å²) in [6.07, 6.45) is 5.60. The third-order valence-corrected chi connectivity index (χ3v) is 7.42. The van der Waals surface area contributed by atoms with Crippen molar-refractivity contribution in [2.75, 3.05) is 31.1 Å². The minimum Gasteiger partial charge on any atom is -0.489 e. The van der Waals surface area contributed by atoms with Crippen LogP contribution >= 0.6 is 0 Å². The van der Waals surface area contributed by atoms with E-state index in [0.717, 1.165) is 69.8 Å². The quantitative estimate of drug-likeness (QED) is 0.496. The second-order valence-corrected chi connectivity index (χ2v) is 10.2. The Balaban J connectivity index is 1.08. The van der Waals surface area contributed by atoms with Gasteiger partial charge in [0, 0.05) is 32.2 Å². The highest BCUT2D eigenvalue weighted by atomic mass is 16.5. The van der Waals surface area contributed by atoms with Gasteiger partial charge in [-0.15, -0.1) is 0 Å². The van der Waals surface area contributed by atoms with Gasteiger partial charge in [0.05, 0.1) is 41.7 Å². The van der Waals surface area contributed by atoms with E-state index in [-0.39, 0.29) is 18.1 Å². The number of carbonyl (C=O) groups excluding carboxylic acids is 1. The highest BCUT2D eigenvalue weighted by Gasteiger charge is 2.24. The number of ether oxygens (including phenoxy) is 1. The van der Waals surface area contributed by atoms with E-state index in [4.69, 9.17) is 15.3 Å². The number of piperidine rings is 2. The minimum absolute atomic E-state index is 0.0532. The number of amides is 1. The molecule has 1 N–H and O–H groups in total. The van der Waals surface area contributed by atoms with Crippen molar-refractivity contribution < 1.29 is 9.53 Å². The van der Waals surface area contributed by atoms with E-state index in [0.29, 0.717) is 16.8 Å². The van der Waals surface area contributed by atoms with Crippen LogP contribution in [0.3, 0.4) is 0 Å². The summed E-state index contributed by atoms with van der Waals surface area (Å²) in [5, 5.41) is 21.1. The fourth-order valence-corrected chi connectivity index (χ4v) is 5.21. The van der Waals surface area contributed by atoms with E-state index in [1.54, 1.807) is 24.4 Å². The van der Waals surface area contributed by atoms with E-state index < -0.39 is 0 Å². The zero-order valence-electron chi connectivity index (χ0n) is 21.9. The third-order valence-electron chi connectivity index (χ3n) is 7.42. The summed E-state index contributed by atoms with van der Waals surface area (Å²) < 4.78 is 6.15. The molecule has 1 unspecified atom stereocenters. The van der Waals surface area contributed by atoms with Crippen molar-refractivity contribution in [2.45, 2.75) is 44.4 Å². The fourth-order valence-electron chi connectivity index (χ4n) is 5.21. The summed E-state index contributed by atoms with van der Waals surface area (Å²) in [6, 6.07) is 23.1. The van der Waals surface area contributed by atoms with Gasteiger partial charge in [-0.2, -0.15) is 10.5 Å². The summed E-state index contributed by atoms with van der Waals surface area (Å²) >= 11 is 0. The van der Waals surface area contributed by atoms with Crippen LogP contribution < -0.4 is 15.0 Å². The summed E-state index contributed by atoms with van der Waals surface area (Å²) in [5.74, 6) is 0.638. The van der Waals surface area contributed by atoms with E-state index in [2.05, 4.69) is 32.2 Å². The Labute approximate surface area is 229 Å². The van der Waals surface area contributed by atoms with Gasteiger partial charge in [0.15, 0.2) is 0 Å². The number of likely N-dealkylation sites (tertiary alicyclic amines) is 1. The lowest BCUT2D eigenvalue weighted by atomic mass is 10.0. The van der Waals surface area contributed by atoms with Crippen molar-refractivity contribution in [3.05, 3.63) is 89.2 Å². The Morgan fingerprint density at radius 1 is 0.923 bits per heavy atom. The van der Waals surface area contributed by atoms with Gasteiger partial charge >= 0.3 is 0 Å². The topological polar surface area (TPSA) is 105 Å². The third kappa shape index (κ3) is 6.93. The number of carbonyl (C=O) groups is 1. The van der Waals surface area contributed by atoms with Crippen molar-refractivity contribution in [1.29, 1.82) is 10.5 Å². The molecular formula is C31H32N6O2. The Morgan fingerprint density at radius 3 is 2.26 bits per heavy atom. The second kappa shape index (κ2) is 12.4. The molecule has 2 saturated heterocycles. The molecule has 1 amide bonds. The van der Waals surface area contributed by atoms with Crippen LogP contribution in [0.4, 0.5) is 5.69 Å². The van der Waals surface area contributed by atoms with Crippen molar-refractivity contribution >= 4 is 11.6 Å². The Kier molecular flexibility index (Phi) is 8.36. The summed E-state index contributed by atoms with van der Waals surface area (Å²) in [6.45, 7) is 4.34. The molecule has 1 aromatic heterocycles. The maximum absolute atomic E-state index is 12.9. The van der Waals surface area contributed by atoms with E-state index >= 15 is 0 Å². The van der Waals surface area contributed by atoms with Crippen molar-refractivity contribution in [3.8, 4) is 17.9 Å². The van der Waals surface area contributed by atoms with Gasteiger partial charge in [0.2, 0.25) is 0 Å². The van der Waals surface area contributed by atoms with Crippen molar-refractivity contribution in [3.63, 3.8) is 0 Å². The molecule has 0 bridgehead atoms. The van der Waals surface area contributed by atoms with Gasteiger partial charge in [-0.3, -0.25) is 9.69 Å². The molecule has 39 heavy (non-hydrogen) atoms. The number of nitrogens with one attached hydrogen (secondary N) is 1. The minimum atomic E-state index is -0.132. The van der Waals surface area contributed by atoms with Gasteiger partial charge in [0.25, 0.3) is 5.91 Å². The van der Waals surface area contributed by atoms with Gasteiger partial charge in [-0.1, -0.05) is 12.1 Å². The predicted octanol–water partition coefficient (Wildman–Crippen LogP) is 4.27. The van der Waals surface area contributed by atoms with Gasteiger partial charge in [-0.05, 0) is 79.8 Å². The Bertz CT molecular complexity index is 1330. The number of hydrogen-bond acceptors (Lipinski definition) is 7. The Morgan fingerprint density at radius 2 is 1.62 bits per heavy atom. The molecule has 3 heterocycles. The molecule has 2 aromatic carbocycles. The second-order valence-electron chi connectivity index (χ2n) is 10.2. The van der Waals surface area contributed by atoms with Crippen LogP contribution in [0.1, 0.15) is 52.9 Å². The number of aromatic nitrogens is 1. The lowest BCUT2D eigenvalue weighted by molar-refractivity contribution is 0.0904. The average molecular weight is 521 g/mol. The van der Waals surface area contributed by atoms with Gasteiger partial charge < -0.3 is 15.0 Å². The van der Waals surface area contributed by atoms with Crippen molar-refractivity contribution in [1.82, 2.24) is 15.2 Å². The molecule has 1 atom stereocenters. The zero-order chi connectivity index (χ0) is 27.0. The van der Waals surface area contributed by atoms with Crippen LogP contribution in [0.25, 0.3) is 0 Å². The maximum atomic E-state index is 12.9. The number of benzene rings is 2. The summed E-state index contributed by atoms with van der Waals surface area (Å²) in [5.41, 5.74) is 3.90. The molecule has 8 heteroatoms. The number of pyridine rings is 1. The SMILES string of the molecule is N#Cc1ccc(CN2CCC(NC(=O)c3ccc(N4CCCC(Oc5ccc(C#N)cc5)C4)cn3)CC2)cc1. The number of anilines is 1. The molecule has 0 radical (unpaired) electrons. The highest BCUT2D eigenvalue weighted by Crippen LogP contribution is 2.23. The zero-order valence-corrected chi connectivity index (χ0v) is 21.9. The normalized spacial score (nSPS) is 18.1. The van der Waals surface area contributed by atoms with Gasteiger partial charge in [-0.25, -0.2) is 4.98 Å². The van der Waals surface area contributed by atoms with Crippen LogP contribution in [-0.2, 0) is 6.54 Å². The monoisotopic (exact) mass is 520 g/mol. The molecule has 0 spiro atoms. The number of nitrogens with zero attached hydrogens (tertiary/aromatic N) is 5. The number of rotatable bonds is 7. The van der Waals surface area contributed by atoms with E-state index in [9.17, 15) is 4.79 Å². The van der Waals surface area contributed by atoms with Crippen molar-refractivity contribution in [2.24, 2.45) is 0 Å². The van der Waals surface area contributed by atoms with Crippen LogP contribution in [-0.4, -0.2) is 54.1 Å². The van der Waals surface area contributed by atoms with Crippen LogP contribution in [0, 0.1) is 22.7 Å². The first-order chi connectivity index (χ1) is 19.1. The standard InChI is InChI=1S/C31H32N6O2/c32-18-23-3-5-25(6-4-23)21-36-16-13-26(14-17-36)35-31(38)30-12-9-27(20-34-30)37-15-1-2-29(22-37)39-28-10-7-24(19-33)8-11-28/h3-12,20,26,29H,1-2,13-17,21-22H2,(H,35,38). The molecule has 3 aromatic rings. The predicted molar refractivity (Wildman–Crippen MR) is 148 cm³/mol. The average Bonchev–Trinajstić information content (AvgIpc) is 2.99. The summed E-state index contributed by atoms with van der Waals surface area (Å²) in [7, 11) is 0. The number of nitriles is 2.